The first-order chi connectivity index (χ1) is 9.44. The molecule has 7 heteroatoms. The van der Waals surface area contributed by atoms with Gasteiger partial charge >= 0.3 is 12.4 Å². The third-order valence-corrected chi connectivity index (χ3v) is 5.85. The Morgan fingerprint density at radius 2 is 1.43 bits per heavy atom. The molecule has 0 saturated heterocycles. The molecule has 5 unspecified atom stereocenters. The van der Waals surface area contributed by atoms with Gasteiger partial charge in [0.05, 0.1) is 0 Å². The molecule has 21 heavy (non-hydrogen) atoms. The average Bonchev–Trinajstić information content (AvgIpc) is 2.84. The van der Waals surface area contributed by atoms with E-state index < -0.39 is 30.3 Å². The van der Waals surface area contributed by atoms with Gasteiger partial charge in [0.1, 0.15) is 0 Å². The summed E-state index contributed by atoms with van der Waals surface area (Å²) in [6.45, 7) is 3.96. The molecule has 2 saturated carbocycles. The van der Waals surface area contributed by atoms with E-state index in [1.807, 2.05) is 13.8 Å². The number of rotatable bonds is 3. The average molecular weight is 318 g/mol. The fourth-order valence-corrected chi connectivity index (χ4v) is 4.41. The number of ether oxygens (including phenoxy) is 1. The van der Waals surface area contributed by atoms with Crippen LogP contribution in [0.3, 0.4) is 0 Å². The van der Waals surface area contributed by atoms with Gasteiger partial charge in [-0.2, -0.15) is 26.3 Å². The first kappa shape index (κ1) is 16.9. The molecule has 0 radical (unpaired) electrons. The summed E-state index contributed by atoms with van der Waals surface area (Å²) in [4.78, 5) is 0. The molecule has 1 nitrogen and oxygen atoms in total. The van der Waals surface area contributed by atoms with Crippen LogP contribution in [0.2, 0.25) is 0 Å². The summed E-state index contributed by atoms with van der Waals surface area (Å²) in [5.74, 6) is 0.143. The van der Waals surface area contributed by atoms with Crippen molar-refractivity contribution in [1.29, 1.82) is 0 Å². The standard InChI is InChI=1S/C14H20F6O/c1-7-8(2)11-5-9(7)4-10(11)6-12(21-3,13(15,16)17)14(18,19)20/h7-11H,4-6H2,1-3H3. The third-order valence-electron chi connectivity index (χ3n) is 5.85. The molecule has 2 aliphatic rings. The lowest BCUT2D eigenvalue weighted by Gasteiger charge is -2.41. The van der Waals surface area contributed by atoms with E-state index in [-0.39, 0.29) is 17.8 Å². The Morgan fingerprint density at radius 1 is 0.905 bits per heavy atom. The summed E-state index contributed by atoms with van der Waals surface area (Å²) in [7, 11) is 0.500. The van der Waals surface area contributed by atoms with Gasteiger partial charge in [-0.1, -0.05) is 13.8 Å². The van der Waals surface area contributed by atoms with Crippen molar-refractivity contribution in [3.8, 4) is 0 Å². The smallest absolute Gasteiger partial charge is 0.361 e. The molecule has 0 aromatic rings. The van der Waals surface area contributed by atoms with Crippen LogP contribution in [0.25, 0.3) is 0 Å². The van der Waals surface area contributed by atoms with E-state index in [0.717, 1.165) is 6.42 Å². The van der Waals surface area contributed by atoms with Crippen LogP contribution in [0.4, 0.5) is 26.3 Å². The summed E-state index contributed by atoms with van der Waals surface area (Å²) < 4.78 is 82.6. The third kappa shape index (κ3) is 2.45. The van der Waals surface area contributed by atoms with Crippen LogP contribution in [0.5, 0.6) is 0 Å². The minimum absolute atomic E-state index is 0.0655. The molecule has 2 rings (SSSR count). The van der Waals surface area contributed by atoms with E-state index in [9.17, 15) is 26.3 Å². The minimum atomic E-state index is -5.46. The fraction of sp³-hybridized carbons (Fsp3) is 1.00. The Bertz CT molecular complexity index is 372. The molecule has 2 bridgehead atoms. The Morgan fingerprint density at radius 3 is 1.76 bits per heavy atom. The second-order valence-electron chi connectivity index (χ2n) is 6.60. The van der Waals surface area contributed by atoms with E-state index in [2.05, 4.69) is 4.74 Å². The highest BCUT2D eigenvalue weighted by atomic mass is 19.4. The van der Waals surface area contributed by atoms with Crippen LogP contribution in [-0.2, 0) is 4.74 Å². The number of hydrogen-bond donors (Lipinski definition) is 0. The molecule has 0 N–H and O–H groups in total. The molecule has 0 aromatic heterocycles. The van der Waals surface area contributed by atoms with Crippen molar-refractivity contribution in [3.63, 3.8) is 0 Å². The van der Waals surface area contributed by atoms with Gasteiger partial charge in [0.15, 0.2) is 0 Å². The molecule has 2 aliphatic carbocycles. The van der Waals surface area contributed by atoms with E-state index in [0.29, 0.717) is 19.4 Å². The van der Waals surface area contributed by atoms with Crippen LogP contribution >= 0.6 is 0 Å². The molecule has 0 heterocycles. The minimum Gasteiger partial charge on any atom is -0.361 e. The first-order valence-electron chi connectivity index (χ1n) is 7.13. The van der Waals surface area contributed by atoms with Gasteiger partial charge < -0.3 is 4.74 Å². The van der Waals surface area contributed by atoms with Crippen molar-refractivity contribution in [2.75, 3.05) is 7.11 Å². The molecular formula is C14H20F6O. The van der Waals surface area contributed by atoms with Gasteiger partial charge in [-0.15, -0.1) is 0 Å². The molecule has 0 aliphatic heterocycles. The summed E-state index contributed by atoms with van der Waals surface area (Å²) in [5, 5.41) is 0. The molecular weight excluding hydrogens is 298 g/mol. The zero-order valence-corrected chi connectivity index (χ0v) is 12.2. The quantitative estimate of drug-likeness (QED) is 0.678. The highest BCUT2D eigenvalue weighted by molar-refractivity contribution is 5.04. The predicted octanol–water partition coefficient (Wildman–Crippen LogP) is 4.81. The Labute approximate surface area is 120 Å². The largest absolute Gasteiger partial charge is 0.426 e. The van der Waals surface area contributed by atoms with Crippen molar-refractivity contribution in [2.24, 2.45) is 29.6 Å². The lowest BCUT2D eigenvalue weighted by molar-refractivity contribution is -0.380. The van der Waals surface area contributed by atoms with Gasteiger partial charge in [0.25, 0.3) is 5.60 Å². The van der Waals surface area contributed by atoms with Crippen LogP contribution in [0.1, 0.15) is 33.1 Å². The molecule has 5 atom stereocenters. The SMILES string of the molecule is COC(CC1CC2CC1C(C)C2C)(C(F)(F)F)C(F)(F)F. The van der Waals surface area contributed by atoms with Crippen LogP contribution in [0.15, 0.2) is 0 Å². The monoisotopic (exact) mass is 318 g/mol. The summed E-state index contributed by atoms with van der Waals surface area (Å²) in [5.41, 5.74) is -4.04. The van der Waals surface area contributed by atoms with Crippen molar-refractivity contribution in [1.82, 2.24) is 0 Å². The molecule has 0 aromatic carbocycles. The molecule has 0 spiro atoms. The molecule has 0 amide bonds. The van der Waals surface area contributed by atoms with Crippen LogP contribution in [0, 0.1) is 29.6 Å². The number of fused-ring (bicyclic) bond motifs is 2. The van der Waals surface area contributed by atoms with E-state index in [1.165, 1.54) is 0 Å². The normalized spacial score (nSPS) is 37.3. The number of alkyl halides is 6. The zero-order chi connectivity index (χ0) is 16.2. The van der Waals surface area contributed by atoms with E-state index in [1.54, 1.807) is 0 Å². The van der Waals surface area contributed by atoms with Gasteiger partial charge in [0.2, 0.25) is 0 Å². The maximum atomic E-state index is 13.1. The molecule has 2 fully saturated rings. The lowest BCUT2D eigenvalue weighted by Crippen LogP contribution is -2.59. The first-order valence-corrected chi connectivity index (χ1v) is 7.13. The van der Waals surface area contributed by atoms with Crippen molar-refractivity contribution in [2.45, 2.75) is 51.1 Å². The van der Waals surface area contributed by atoms with Crippen LogP contribution < -0.4 is 0 Å². The highest BCUT2D eigenvalue weighted by Crippen LogP contribution is 2.59. The van der Waals surface area contributed by atoms with Crippen LogP contribution in [-0.4, -0.2) is 25.1 Å². The maximum absolute atomic E-state index is 13.1. The number of hydrogen-bond acceptors (Lipinski definition) is 1. The van der Waals surface area contributed by atoms with Crippen molar-refractivity contribution in [3.05, 3.63) is 0 Å². The second kappa shape index (κ2) is 5.03. The van der Waals surface area contributed by atoms with Gasteiger partial charge in [-0.05, 0) is 48.9 Å². The lowest BCUT2D eigenvalue weighted by atomic mass is 9.71. The topological polar surface area (TPSA) is 9.23 Å². The molecule has 124 valence electrons. The summed E-state index contributed by atoms with van der Waals surface area (Å²) in [6.07, 6.45) is -10.8. The van der Waals surface area contributed by atoms with E-state index in [4.69, 9.17) is 0 Å². The number of methoxy groups -OCH3 is 1. The summed E-state index contributed by atoms with van der Waals surface area (Å²) in [6, 6.07) is 0. The summed E-state index contributed by atoms with van der Waals surface area (Å²) >= 11 is 0. The highest BCUT2D eigenvalue weighted by Gasteiger charge is 2.72. The van der Waals surface area contributed by atoms with Gasteiger partial charge in [-0.3, -0.25) is 0 Å². The van der Waals surface area contributed by atoms with Crippen molar-refractivity contribution >= 4 is 0 Å². The maximum Gasteiger partial charge on any atom is 0.426 e. The number of halogens is 6. The second-order valence-corrected chi connectivity index (χ2v) is 6.60. The Balaban J connectivity index is 2.26. The van der Waals surface area contributed by atoms with Crippen molar-refractivity contribution < 1.29 is 31.1 Å². The Kier molecular flexibility index (Phi) is 4.05. The van der Waals surface area contributed by atoms with E-state index >= 15 is 0 Å². The predicted molar refractivity (Wildman–Crippen MR) is 64.5 cm³/mol. The zero-order valence-electron chi connectivity index (χ0n) is 12.2. The fourth-order valence-electron chi connectivity index (χ4n) is 4.41. The van der Waals surface area contributed by atoms with Gasteiger partial charge in [0, 0.05) is 7.11 Å². The Hall–Kier alpha value is -0.460. The van der Waals surface area contributed by atoms with Gasteiger partial charge in [-0.25, -0.2) is 0 Å².